The number of nitro benzene ring substituents is 1. The van der Waals surface area contributed by atoms with E-state index in [1.165, 1.54) is 18.2 Å². The Kier molecular flexibility index (Phi) is 4.08. The molecule has 2 N–H and O–H groups in total. The topological polar surface area (TPSA) is 93.5 Å². The number of nitrogens with zero attached hydrogens (tertiary/aromatic N) is 1. The van der Waals surface area contributed by atoms with Crippen molar-refractivity contribution in [2.24, 2.45) is 0 Å². The summed E-state index contributed by atoms with van der Waals surface area (Å²) in [5, 5.41) is 16.7. The van der Waals surface area contributed by atoms with E-state index in [1.807, 2.05) is 0 Å². The van der Waals surface area contributed by atoms with Gasteiger partial charge in [-0.3, -0.25) is 14.9 Å². The molecule has 1 saturated heterocycles. The molecular formula is C12H15N3O4. The number of amides is 1. The molecule has 0 aromatic heterocycles. The zero-order valence-corrected chi connectivity index (χ0v) is 10.5. The van der Waals surface area contributed by atoms with Crippen LogP contribution in [0.15, 0.2) is 24.3 Å². The molecule has 1 fully saturated rings. The maximum absolute atomic E-state index is 12.1. The zero-order valence-electron chi connectivity index (χ0n) is 10.5. The Bertz CT molecular complexity index is 492. The fourth-order valence-corrected chi connectivity index (χ4v) is 2.12. The third-order valence-corrected chi connectivity index (χ3v) is 3.12. The van der Waals surface area contributed by atoms with Crippen LogP contribution in [0, 0.1) is 10.1 Å². The highest BCUT2D eigenvalue weighted by Crippen LogP contribution is 2.18. The highest BCUT2D eigenvalue weighted by molar-refractivity contribution is 5.98. The third kappa shape index (κ3) is 2.88. The Morgan fingerprint density at radius 2 is 2.21 bits per heavy atom. The Morgan fingerprint density at radius 1 is 1.47 bits per heavy atom. The van der Waals surface area contributed by atoms with Gasteiger partial charge in [0.1, 0.15) is 5.56 Å². The number of nitrogens with one attached hydrogen (secondary N) is 2. The average Bonchev–Trinajstić information content (AvgIpc) is 2.85. The summed E-state index contributed by atoms with van der Waals surface area (Å²) in [6.07, 6.45) is -0.119. The number of rotatable bonds is 4. The van der Waals surface area contributed by atoms with Crippen molar-refractivity contribution in [3.05, 3.63) is 39.9 Å². The summed E-state index contributed by atoms with van der Waals surface area (Å²) in [4.78, 5) is 22.4. The molecule has 1 amide bonds. The summed E-state index contributed by atoms with van der Waals surface area (Å²) < 4.78 is 5.23. The molecule has 1 heterocycles. The largest absolute Gasteiger partial charge is 0.378 e. The van der Waals surface area contributed by atoms with Crippen molar-refractivity contribution in [1.82, 2.24) is 10.6 Å². The normalized spacial score (nSPS) is 22.2. The number of hydrogen-bond acceptors (Lipinski definition) is 5. The van der Waals surface area contributed by atoms with E-state index in [9.17, 15) is 14.9 Å². The van der Waals surface area contributed by atoms with Crippen molar-refractivity contribution in [2.75, 3.05) is 20.2 Å². The minimum absolute atomic E-state index is 0.0641. The smallest absolute Gasteiger partial charge is 0.282 e. The van der Waals surface area contributed by atoms with Crippen molar-refractivity contribution in [3.63, 3.8) is 0 Å². The molecule has 1 unspecified atom stereocenters. The third-order valence-electron chi connectivity index (χ3n) is 3.12. The molecule has 102 valence electrons. The maximum atomic E-state index is 12.1. The standard InChI is InChI=1S/C12H15N3O4/c1-19-11-7-13-6-9(11)14-12(16)8-4-2-3-5-10(8)15(17)18/h2-5,9,11,13H,6-7H2,1H3,(H,14,16)/t9?,11-/m0/s1. The minimum Gasteiger partial charge on any atom is -0.378 e. The summed E-state index contributed by atoms with van der Waals surface area (Å²) in [5.41, 5.74) is -0.130. The van der Waals surface area contributed by atoms with E-state index in [-0.39, 0.29) is 23.4 Å². The van der Waals surface area contributed by atoms with Crippen molar-refractivity contribution in [1.29, 1.82) is 0 Å². The van der Waals surface area contributed by atoms with Crippen molar-refractivity contribution in [3.8, 4) is 0 Å². The molecule has 0 saturated carbocycles. The number of carbonyl (C=O) groups is 1. The Labute approximate surface area is 110 Å². The Morgan fingerprint density at radius 3 is 2.89 bits per heavy atom. The minimum atomic E-state index is -0.560. The van der Waals surface area contributed by atoms with Gasteiger partial charge >= 0.3 is 0 Å². The lowest BCUT2D eigenvalue weighted by Gasteiger charge is -2.18. The molecule has 2 atom stereocenters. The molecular weight excluding hydrogens is 250 g/mol. The number of ether oxygens (including phenoxy) is 1. The van der Waals surface area contributed by atoms with Gasteiger partial charge in [0.2, 0.25) is 0 Å². The molecule has 7 nitrogen and oxygen atoms in total. The van der Waals surface area contributed by atoms with E-state index in [0.717, 1.165) is 0 Å². The van der Waals surface area contributed by atoms with E-state index in [1.54, 1.807) is 13.2 Å². The lowest BCUT2D eigenvalue weighted by Crippen LogP contribution is -2.43. The van der Waals surface area contributed by atoms with Gasteiger partial charge in [-0.1, -0.05) is 12.1 Å². The molecule has 19 heavy (non-hydrogen) atoms. The molecule has 0 aliphatic carbocycles. The van der Waals surface area contributed by atoms with Gasteiger partial charge in [0.25, 0.3) is 11.6 Å². The van der Waals surface area contributed by atoms with Crippen LogP contribution >= 0.6 is 0 Å². The van der Waals surface area contributed by atoms with E-state index in [0.29, 0.717) is 13.1 Å². The van der Waals surface area contributed by atoms with E-state index in [4.69, 9.17) is 4.74 Å². The highest BCUT2D eigenvalue weighted by Gasteiger charge is 2.30. The first kappa shape index (κ1) is 13.4. The molecule has 1 aromatic carbocycles. The predicted molar refractivity (Wildman–Crippen MR) is 68.0 cm³/mol. The molecule has 7 heteroatoms. The Balaban J connectivity index is 2.14. The van der Waals surface area contributed by atoms with Gasteiger partial charge in [-0.2, -0.15) is 0 Å². The monoisotopic (exact) mass is 265 g/mol. The van der Waals surface area contributed by atoms with Gasteiger partial charge in [-0.05, 0) is 6.07 Å². The van der Waals surface area contributed by atoms with Crippen molar-refractivity contribution >= 4 is 11.6 Å². The average molecular weight is 265 g/mol. The summed E-state index contributed by atoms with van der Waals surface area (Å²) in [6, 6.07) is 5.71. The van der Waals surface area contributed by atoms with E-state index < -0.39 is 10.8 Å². The van der Waals surface area contributed by atoms with Crippen LogP contribution in [-0.2, 0) is 4.74 Å². The SMILES string of the molecule is CO[C@H]1CNCC1NC(=O)c1ccccc1[N+](=O)[O-]. The zero-order chi connectivity index (χ0) is 13.8. The number of benzene rings is 1. The number of methoxy groups -OCH3 is 1. The number of carbonyl (C=O) groups excluding carboxylic acids is 1. The van der Waals surface area contributed by atoms with Gasteiger partial charge in [0.05, 0.1) is 17.1 Å². The van der Waals surface area contributed by atoms with Crippen LogP contribution in [0.5, 0.6) is 0 Å². The van der Waals surface area contributed by atoms with Crippen LogP contribution in [0.3, 0.4) is 0 Å². The van der Waals surface area contributed by atoms with Crippen LogP contribution < -0.4 is 10.6 Å². The molecule has 1 aliphatic rings. The van der Waals surface area contributed by atoms with Gasteiger partial charge in [-0.15, -0.1) is 0 Å². The molecule has 1 aliphatic heterocycles. The highest BCUT2D eigenvalue weighted by atomic mass is 16.6. The first-order valence-electron chi connectivity index (χ1n) is 5.91. The van der Waals surface area contributed by atoms with E-state index >= 15 is 0 Å². The van der Waals surface area contributed by atoms with Gasteiger partial charge in [0.15, 0.2) is 0 Å². The summed E-state index contributed by atoms with van der Waals surface area (Å²) >= 11 is 0. The van der Waals surface area contributed by atoms with Crippen LogP contribution in [-0.4, -0.2) is 43.2 Å². The first-order valence-corrected chi connectivity index (χ1v) is 5.91. The maximum Gasteiger partial charge on any atom is 0.282 e. The van der Waals surface area contributed by atoms with Crippen molar-refractivity contribution < 1.29 is 14.5 Å². The summed E-state index contributed by atoms with van der Waals surface area (Å²) in [5.74, 6) is -0.456. The molecule has 0 bridgehead atoms. The quantitative estimate of drug-likeness (QED) is 0.603. The molecule has 2 rings (SSSR count). The predicted octanol–water partition coefficient (Wildman–Crippen LogP) is 0.311. The molecule has 0 spiro atoms. The lowest BCUT2D eigenvalue weighted by molar-refractivity contribution is -0.385. The fraction of sp³-hybridized carbons (Fsp3) is 0.417. The van der Waals surface area contributed by atoms with Crippen LogP contribution in [0.4, 0.5) is 5.69 Å². The summed E-state index contributed by atoms with van der Waals surface area (Å²) in [6.45, 7) is 1.24. The van der Waals surface area contributed by atoms with E-state index in [2.05, 4.69) is 10.6 Å². The van der Waals surface area contributed by atoms with Crippen LogP contribution in [0.25, 0.3) is 0 Å². The fourth-order valence-electron chi connectivity index (χ4n) is 2.12. The van der Waals surface area contributed by atoms with Crippen LogP contribution in [0.1, 0.15) is 10.4 Å². The molecule has 0 radical (unpaired) electrons. The number of para-hydroxylation sites is 1. The number of nitro groups is 1. The van der Waals surface area contributed by atoms with Crippen LogP contribution in [0.2, 0.25) is 0 Å². The lowest BCUT2D eigenvalue weighted by atomic mass is 10.1. The second-order valence-corrected chi connectivity index (χ2v) is 4.29. The van der Waals surface area contributed by atoms with Gasteiger partial charge < -0.3 is 15.4 Å². The second kappa shape index (κ2) is 5.77. The summed E-state index contributed by atoms with van der Waals surface area (Å²) in [7, 11) is 1.57. The number of hydrogen-bond donors (Lipinski definition) is 2. The molecule has 1 aromatic rings. The van der Waals surface area contributed by atoms with Gasteiger partial charge in [-0.25, -0.2) is 0 Å². The Hall–Kier alpha value is -1.99. The van der Waals surface area contributed by atoms with Crippen molar-refractivity contribution in [2.45, 2.75) is 12.1 Å². The first-order chi connectivity index (χ1) is 9.13. The van der Waals surface area contributed by atoms with Gasteiger partial charge in [0, 0.05) is 26.3 Å². The second-order valence-electron chi connectivity index (χ2n) is 4.29.